The van der Waals surface area contributed by atoms with Crippen molar-refractivity contribution in [1.29, 1.82) is 0 Å². The van der Waals surface area contributed by atoms with Gasteiger partial charge in [-0.1, -0.05) is 23.7 Å². The smallest absolute Gasteiger partial charge is 0.348 e. The van der Waals surface area contributed by atoms with Crippen LogP contribution < -0.4 is 5.32 Å². The van der Waals surface area contributed by atoms with E-state index in [9.17, 15) is 4.79 Å². The molecule has 0 fully saturated rings. The van der Waals surface area contributed by atoms with Gasteiger partial charge in [-0.2, -0.15) is 0 Å². The monoisotopic (exact) mass is 361 g/mol. The quantitative estimate of drug-likeness (QED) is 0.691. The molecule has 0 bridgehead atoms. The van der Waals surface area contributed by atoms with Crippen LogP contribution in [0.4, 0.5) is 5.82 Å². The van der Waals surface area contributed by atoms with E-state index in [0.717, 1.165) is 21.3 Å². The second kappa shape index (κ2) is 6.75. The van der Waals surface area contributed by atoms with Gasteiger partial charge in [0, 0.05) is 17.6 Å². The number of aromatic nitrogens is 2. The zero-order chi connectivity index (χ0) is 17.3. The summed E-state index contributed by atoms with van der Waals surface area (Å²) in [7, 11) is 1.80. The number of carbonyl (C=O) groups is 1. The Morgan fingerprint density at radius 2 is 2.17 bits per heavy atom. The van der Waals surface area contributed by atoms with E-state index in [4.69, 9.17) is 16.3 Å². The summed E-state index contributed by atoms with van der Waals surface area (Å²) in [5.41, 5.74) is 1.65. The number of nitrogens with one attached hydrogen (secondary N) is 1. The van der Waals surface area contributed by atoms with E-state index in [-0.39, 0.29) is 5.97 Å². The average Bonchev–Trinajstić information content (AvgIpc) is 2.91. The Morgan fingerprint density at radius 1 is 1.38 bits per heavy atom. The highest BCUT2D eigenvalue weighted by Gasteiger charge is 2.21. The standard InChI is InChI=1S/C17H16ClN3O2S/c1-4-23-17(22)13-9(2)12-15(19-3)20-14(21-16(12)24-13)10-6-5-7-11(18)8-10/h5-8H,4H2,1-3H3,(H,19,20,21). The second-order valence-corrected chi connectivity index (χ2v) is 6.55. The number of rotatable bonds is 4. The number of aryl methyl sites for hydroxylation is 1. The molecule has 0 saturated carbocycles. The number of esters is 1. The van der Waals surface area contributed by atoms with Gasteiger partial charge in [0.15, 0.2) is 5.82 Å². The molecule has 0 saturated heterocycles. The molecule has 0 radical (unpaired) electrons. The maximum atomic E-state index is 12.1. The van der Waals surface area contributed by atoms with Gasteiger partial charge < -0.3 is 10.1 Å². The molecule has 2 aromatic heterocycles. The predicted molar refractivity (Wildman–Crippen MR) is 98.1 cm³/mol. The van der Waals surface area contributed by atoms with Crippen molar-refractivity contribution in [2.45, 2.75) is 13.8 Å². The molecule has 24 heavy (non-hydrogen) atoms. The number of carbonyl (C=O) groups excluding carboxylic acids is 1. The summed E-state index contributed by atoms with van der Waals surface area (Å²) in [4.78, 5) is 22.6. The Kier molecular flexibility index (Phi) is 4.69. The van der Waals surface area contributed by atoms with Gasteiger partial charge in [-0.3, -0.25) is 0 Å². The zero-order valence-corrected chi connectivity index (χ0v) is 15.1. The number of thiophene rings is 1. The summed E-state index contributed by atoms with van der Waals surface area (Å²) in [6, 6.07) is 7.37. The molecule has 3 rings (SSSR count). The van der Waals surface area contributed by atoms with Crippen LogP contribution in [0.2, 0.25) is 5.02 Å². The van der Waals surface area contributed by atoms with Crippen molar-refractivity contribution in [1.82, 2.24) is 9.97 Å². The fourth-order valence-corrected chi connectivity index (χ4v) is 3.73. The normalized spacial score (nSPS) is 10.8. The van der Waals surface area contributed by atoms with Crippen molar-refractivity contribution in [3.63, 3.8) is 0 Å². The molecule has 1 aromatic carbocycles. The highest BCUT2D eigenvalue weighted by atomic mass is 35.5. The Morgan fingerprint density at radius 3 is 2.83 bits per heavy atom. The fourth-order valence-electron chi connectivity index (χ4n) is 2.47. The van der Waals surface area contributed by atoms with Gasteiger partial charge >= 0.3 is 5.97 Å². The third kappa shape index (κ3) is 2.95. The van der Waals surface area contributed by atoms with Gasteiger partial charge in [0.1, 0.15) is 15.5 Å². The molecule has 1 N–H and O–H groups in total. The SMILES string of the molecule is CCOC(=O)c1sc2nc(-c3cccc(Cl)c3)nc(NC)c2c1C. The predicted octanol–water partition coefficient (Wildman–Crippen LogP) is 4.54. The first-order valence-electron chi connectivity index (χ1n) is 7.47. The Bertz CT molecular complexity index is 924. The van der Waals surface area contributed by atoms with Crippen LogP contribution in [-0.4, -0.2) is 29.6 Å². The summed E-state index contributed by atoms with van der Waals surface area (Å²) in [6.45, 7) is 4.01. The van der Waals surface area contributed by atoms with Gasteiger partial charge in [0.2, 0.25) is 0 Å². The minimum absolute atomic E-state index is 0.329. The van der Waals surface area contributed by atoms with Crippen molar-refractivity contribution in [2.75, 3.05) is 19.0 Å². The molecule has 0 atom stereocenters. The van der Waals surface area contributed by atoms with Crippen LogP contribution >= 0.6 is 22.9 Å². The summed E-state index contributed by atoms with van der Waals surface area (Å²) in [5.74, 6) is 0.912. The number of nitrogens with zero attached hydrogens (tertiary/aromatic N) is 2. The number of hydrogen-bond donors (Lipinski definition) is 1. The molecule has 5 nitrogen and oxygen atoms in total. The van der Waals surface area contributed by atoms with Gasteiger partial charge in [0.25, 0.3) is 0 Å². The number of halogens is 1. The Hall–Kier alpha value is -2.18. The van der Waals surface area contributed by atoms with Gasteiger partial charge in [0.05, 0.1) is 12.0 Å². The number of anilines is 1. The minimum Gasteiger partial charge on any atom is -0.462 e. The van der Waals surface area contributed by atoms with Crippen LogP contribution in [0.1, 0.15) is 22.2 Å². The molecule has 0 unspecified atom stereocenters. The number of hydrogen-bond acceptors (Lipinski definition) is 6. The van der Waals surface area contributed by atoms with Crippen LogP contribution in [0.3, 0.4) is 0 Å². The fraction of sp³-hybridized carbons (Fsp3) is 0.235. The van der Waals surface area contributed by atoms with E-state index >= 15 is 0 Å². The average molecular weight is 362 g/mol. The lowest BCUT2D eigenvalue weighted by molar-refractivity contribution is 0.0531. The van der Waals surface area contributed by atoms with E-state index in [2.05, 4.69) is 15.3 Å². The third-order valence-corrected chi connectivity index (χ3v) is 4.97. The maximum absolute atomic E-state index is 12.1. The molecule has 2 heterocycles. The summed E-state index contributed by atoms with van der Waals surface area (Å²) < 4.78 is 5.13. The maximum Gasteiger partial charge on any atom is 0.348 e. The minimum atomic E-state index is -0.329. The van der Waals surface area contributed by atoms with Crippen molar-refractivity contribution in [3.05, 3.63) is 39.7 Å². The van der Waals surface area contributed by atoms with Gasteiger partial charge in [-0.05, 0) is 31.5 Å². The van der Waals surface area contributed by atoms with Crippen LogP contribution in [0.25, 0.3) is 21.6 Å². The van der Waals surface area contributed by atoms with E-state index in [1.165, 1.54) is 11.3 Å². The van der Waals surface area contributed by atoms with E-state index in [1.807, 2.05) is 25.1 Å². The van der Waals surface area contributed by atoms with Crippen molar-refractivity contribution < 1.29 is 9.53 Å². The van der Waals surface area contributed by atoms with E-state index in [1.54, 1.807) is 20.0 Å². The summed E-state index contributed by atoms with van der Waals surface area (Å²) in [5, 5.41) is 4.56. The number of fused-ring (bicyclic) bond motifs is 1. The number of benzene rings is 1. The van der Waals surface area contributed by atoms with Crippen molar-refractivity contribution >= 4 is 44.9 Å². The van der Waals surface area contributed by atoms with E-state index in [0.29, 0.717) is 28.1 Å². The highest BCUT2D eigenvalue weighted by molar-refractivity contribution is 7.20. The summed E-state index contributed by atoms with van der Waals surface area (Å²) in [6.07, 6.45) is 0. The molecule has 7 heteroatoms. The van der Waals surface area contributed by atoms with Crippen LogP contribution in [0.15, 0.2) is 24.3 Å². The molecule has 3 aromatic rings. The van der Waals surface area contributed by atoms with E-state index < -0.39 is 0 Å². The Labute approximate surface area is 148 Å². The van der Waals surface area contributed by atoms with Gasteiger partial charge in [-0.15, -0.1) is 11.3 Å². The van der Waals surface area contributed by atoms with Crippen molar-refractivity contribution in [2.24, 2.45) is 0 Å². The largest absolute Gasteiger partial charge is 0.462 e. The second-order valence-electron chi connectivity index (χ2n) is 5.11. The Balaban J connectivity index is 2.21. The zero-order valence-electron chi connectivity index (χ0n) is 13.5. The number of ether oxygens (including phenoxy) is 1. The molecular formula is C17H16ClN3O2S. The molecule has 0 aliphatic carbocycles. The van der Waals surface area contributed by atoms with Crippen LogP contribution in [0.5, 0.6) is 0 Å². The lowest BCUT2D eigenvalue weighted by atomic mass is 10.1. The molecule has 0 spiro atoms. The molecular weight excluding hydrogens is 346 g/mol. The highest BCUT2D eigenvalue weighted by Crippen LogP contribution is 2.36. The topological polar surface area (TPSA) is 64.1 Å². The molecule has 124 valence electrons. The van der Waals surface area contributed by atoms with Crippen LogP contribution in [0, 0.1) is 6.92 Å². The molecule has 0 aliphatic rings. The van der Waals surface area contributed by atoms with Gasteiger partial charge in [-0.25, -0.2) is 14.8 Å². The summed E-state index contributed by atoms with van der Waals surface area (Å²) >= 11 is 7.38. The molecule has 0 aliphatic heterocycles. The van der Waals surface area contributed by atoms with Crippen LogP contribution in [-0.2, 0) is 4.74 Å². The third-order valence-electron chi connectivity index (χ3n) is 3.57. The first-order chi connectivity index (χ1) is 11.5. The first-order valence-corrected chi connectivity index (χ1v) is 8.66. The lowest BCUT2D eigenvalue weighted by Gasteiger charge is -2.06. The van der Waals surface area contributed by atoms with Crippen molar-refractivity contribution in [3.8, 4) is 11.4 Å². The lowest BCUT2D eigenvalue weighted by Crippen LogP contribution is -2.03. The first kappa shape index (κ1) is 16.7. The molecule has 0 amide bonds.